The number of pyridine rings is 1. The van der Waals surface area contributed by atoms with E-state index in [4.69, 9.17) is 0 Å². The number of ketones is 1. The largest absolute Gasteiger partial charge is 0.301 e. The van der Waals surface area contributed by atoms with Gasteiger partial charge in [-0.3, -0.25) is 14.5 Å². The number of hydrogen-bond acceptors (Lipinski definition) is 4. The molecule has 1 fully saturated rings. The Morgan fingerprint density at radius 1 is 1.14 bits per heavy atom. The van der Waals surface area contributed by atoms with Gasteiger partial charge < -0.3 is 4.90 Å². The molecule has 3 aromatic rings. The predicted molar refractivity (Wildman–Crippen MR) is 112 cm³/mol. The van der Waals surface area contributed by atoms with Crippen LogP contribution in [0.5, 0.6) is 0 Å². The summed E-state index contributed by atoms with van der Waals surface area (Å²) < 4.78 is 17.0. The zero-order valence-electron chi connectivity index (χ0n) is 17.2. The minimum Gasteiger partial charge on any atom is -0.301 e. The Kier molecular flexibility index (Phi) is 5.21. The zero-order chi connectivity index (χ0) is 20.6. The van der Waals surface area contributed by atoms with Crippen molar-refractivity contribution >= 4 is 16.6 Å². The lowest BCUT2D eigenvalue weighted by Crippen LogP contribution is -2.49. The van der Waals surface area contributed by atoms with E-state index in [1.165, 1.54) is 0 Å². The number of nitrogens with zero attached hydrogens (tertiary/aromatic N) is 4. The monoisotopic (exact) mass is 394 g/mol. The second-order valence-corrected chi connectivity index (χ2v) is 8.34. The van der Waals surface area contributed by atoms with Crippen molar-refractivity contribution in [3.8, 4) is 11.1 Å². The fraction of sp³-hybridized carbons (Fsp3) is 0.435. The Morgan fingerprint density at radius 2 is 1.90 bits per heavy atom. The number of carbonyl (C=O) groups is 1. The van der Waals surface area contributed by atoms with Gasteiger partial charge in [-0.1, -0.05) is 12.1 Å². The molecule has 0 unspecified atom stereocenters. The average Bonchev–Trinajstić information content (AvgIpc) is 3.14. The molecule has 3 heterocycles. The van der Waals surface area contributed by atoms with Crippen LogP contribution in [0.2, 0.25) is 0 Å². The fourth-order valence-corrected chi connectivity index (χ4v) is 4.03. The summed E-state index contributed by atoms with van der Waals surface area (Å²) in [4.78, 5) is 19.4. The predicted octanol–water partition coefficient (Wildman–Crippen LogP) is 3.96. The highest BCUT2D eigenvalue weighted by atomic mass is 19.1. The summed E-state index contributed by atoms with van der Waals surface area (Å²) in [6, 6.07) is 8.39. The van der Waals surface area contributed by atoms with E-state index in [1.807, 2.05) is 37.6 Å². The highest BCUT2D eigenvalue weighted by Crippen LogP contribution is 2.30. The standard InChI is InChI=1S/C23H27FN4O/c1-16(2)28-8-6-23(24,7-9-28)22(29)12-21-11-19-10-17(4-5-18(19)13-25-21)20-14-26-27(3)15-20/h4-5,10-11,13-16H,6-9,12H2,1-3H3. The fourth-order valence-electron chi connectivity index (χ4n) is 4.03. The summed E-state index contributed by atoms with van der Waals surface area (Å²) in [6.07, 6.45) is 6.11. The first-order chi connectivity index (χ1) is 13.8. The van der Waals surface area contributed by atoms with Gasteiger partial charge in [-0.25, -0.2) is 4.39 Å². The van der Waals surface area contributed by atoms with E-state index in [2.05, 4.69) is 34.9 Å². The molecular weight excluding hydrogens is 367 g/mol. The third-order valence-corrected chi connectivity index (χ3v) is 5.98. The maximum atomic E-state index is 15.3. The van der Waals surface area contributed by atoms with Crippen LogP contribution in [-0.2, 0) is 18.3 Å². The molecule has 0 N–H and O–H groups in total. The number of aryl methyl sites for hydroxylation is 1. The lowest BCUT2D eigenvalue weighted by molar-refractivity contribution is -0.133. The molecule has 0 amide bonds. The molecule has 0 spiro atoms. The van der Waals surface area contributed by atoms with Crippen LogP contribution in [0.25, 0.3) is 21.9 Å². The van der Waals surface area contributed by atoms with Crippen molar-refractivity contribution < 1.29 is 9.18 Å². The van der Waals surface area contributed by atoms with Gasteiger partial charge in [0, 0.05) is 68.1 Å². The van der Waals surface area contributed by atoms with Crippen LogP contribution < -0.4 is 0 Å². The number of fused-ring (bicyclic) bond motifs is 1. The van der Waals surface area contributed by atoms with E-state index in [9.17, 15) is 4.79 Å². The molecule has 4 rings (SSSR count). The van der Waals surface area contributed by atoms with Crippen molar-refractivity contribution in [3.05, 3.63) is 48.5 Å². The summed E-state index contributed by atoms with van der Waals surface area (Å²) in [7, 11) is 1.89. The zero-order valence-corrected chi connectivity index (χ0v) is 17.2. The number of piperidine rings is 1. The van der Waals surface area contributed by atoms with E-state index < -0.39 is 5.67 Å². The quantitative estimate of drug-likeness (QED) is 0.657. The SMILES string of the molecule is CC(C)N1CCC(F)(C(=O)Cc2cc3cc(-c4cnn(C)c4)ccc3cn2)CC1. The topological polar surface area (TPSA) is 51.0 Å². The van der Waals surface area contributed by atoms with Crippen LogP contribution in [0.4, 0.5) is 4.39 Å². The maximum Gasteiger partial charge on any atom is 0.175 e. The molecule has 1 aliphatic rings. The van der Waals surface area contributed by atoms with Crippen LogP contribution >= 0.6 is 0 Å². The number of carbonyl (C=O) groups excluding carboxylic acids is 1. The Hall–Kier alpha value is -2.60. The normalized spacial score (nSPS) is 17.1. The minimum atomic E-state index is -1.74. The summed E-state index contributed by atoms with van der Waals surface area (Å²) in [5.41, 5.74) is 0.967. The van der Waals surface area contributed by atoms with Crippen LogP contribution in [0.3, 0.4) is 0 Å². The third kappa shape index (κ3) is 4.08. The molecule has 0 saturated carbocycles. The Bertz CT molecular complexity index is 1030. The number of hydrogen-bond donors (Lipinski definition) is 0. The van der Waals surface area contributed by atoms with Crippen molar-refractivity contribution in [2.75, 3.05) is 13.1 Å². The summed E-state index contributed by atoms with van der Waals surface area (Å²) in [6.45, 7) is 5.46. The summed E-state index contributed by atoms with van der Waals surface area (Å²) in [5.74, 6) is -0.351. The molecule has 152 valence electrons. The van der Waals surface area contributed by atoms with Crippen LogP contribution in [0, 0.1) is 0 Å². The van der Waals surface area contributed by atoms with E-state index >= 15 is 4.39 Å². The summed E-state index contributed by atoms with van der Waals surface area (Å²) in [5, 5.41) is 6.21. The van der Waals surface area contributed by atoms with Crippen molar-refractivity contribution in [1.82, 2.24) is 19.7 Å². The van der Waals surface area contributed by atoms with Crippen LogP contribution in [0.15, 0.2) is 42.9 Å². The second-order valence-electron chi connectivity index (χ2n) is 8.34. The van der Waals surface area contributed by atoms with E-state index in [1.54, 1.807) is 10.9 Å². The molecule has 1 aromatic carbocycles. The van der Waals surface area contributed by atoms with Gasteiger partial charge in [0.25, 0.3) is 0 Å². The molecular formula is C23H27FN4O. The van der Waals surface area contributed by atoms with Gasteiger partial charge in [-0.2, -0.15) is 5.10 Å². The van der Waals surface area contributed by atoms with Gasteiger partial charge in [-0.15, -0.1) is 0 Å². The van der Waals surface area contributed by atoms with Crippen molar-refractivity contribution in [2.45, 2.75) is 44.8 Å². The molecule has 1 aliphatic heterocycles. The number of halogens is 1. The average molecular weight is 394 g/mol. The van der Waals surface area contributed by atoms with E-state index in [-0.39, 0.29) is 25.0 Å². The highest BCUT2D eigenvalue weighted by molar-refractivity contribution is 5.91. The maximum absolute atomic E-state index is 15.3. The molecule has 0 aliphatic carbocycles. The number of benzene rings is 1. The lowest BCUT2D eigenvalue weighted by Gasteiger charge is -2.37. The van der Waals surface area contributed by atoms with Gasteiger partial charge in [0.1, 0.15) is 0 Å². The highest BCUT2D eigenvalue weighted by Gasteiger charge is 2.41. The Balaban J connectivity index is 1.52. The summed E-state index contributed by atoms with van der Waals surface area (Å²) >= 11 is 0. The number of aromatic nitrogens is 3. The van der Waals surface area contributed by atoms with E-state index in [0.717, 1.165) is 21.9 Å². The van der Waals surface area contributed by atoms with E-state index in [0.29, 0.717) is 24.8 Å². The minimum absolute atomic E-state index is 0.0330. The molecule has 0 bridgehead atoms. The van der Waals surface area contributed by atoms with Gasteiger partial charge >= 0.3 is 0 Å². The first-order valence-electron chi connectivity index (χ1n) is 10.2. The Morgan fingerprint density at radius 3 is 2.55 bits per heavy atom. The molecule has 29 heavy (non-hydrogen) atoms. The molecule has 0 atom stereocenters. The Labute approximate surface area is 170 Å². The molecule has 1 saturated heterocycles. The number of Topliss-reactive ketones (excluding diaryl/α,β-unsaturated/α-hetero) is 1. The van der Waals surface area contributed by atoms with Crippen molar-refractivity contribution in [3.63, 3.8) is 0 Å². The molecule has 2 aromatic heterocycles. The van der Waals surface area contributed by atoms with Crippen molar-refractivity contribution in [2.24, 2.45) is 7.05 Å². The first-order valence-corrected chi connectivity index (χ1v) is 10.2. The molecule has 6 heteroatoms. The third-order valence-electron chi connectivity index (χ3n) is 5.98. The van der Waals surface area contributed by atoms with Gasteiger partial charge in [0.2, 0.25) is 0 Å². The first kappa shape index (κ1) is 19.7. The smallest absolute Gasteiger partial charge is 0.175 e. The lowest BCUT2D eigenvalue weighted by atomic mass is 9.86. The van der Waals surface area contributed by atoms with Crippen LogP contribution in [0.1, 0.15) is 32.4 Å². The molecule has 0 radical (unpaired) electrons. The van der Waals surface area contributed by atoms with Crippen molar-refractivity contribution in [1.29, 1.82) is 0 Å². The number of rotatable bonds is 5. The van der Waals surface area contributed by atoms with Gasteiger partial charge in [0.05, 0.1) is 12.6 Å². The van der Waals surface area contributed by atoms with Crippen LogP contribution in [-0.4, -0.2) is 50.2 Å². The number of likely N-dealkylation sites (tertiary alicyclic amines) is 1. The second kappa shape index (κ2) is 7.67. The molecule has 5 nitrogen and oxygen atoms in total. The van der Waals surface area contributed by atoms with Gasteiger partial charge in [-0.05, 0) is 36.9 Å². The number of alkyl halides is 1. The van der Waals surface area contributed by atoms with Gasteiger partial charge in [0.15, 0.2) is 11.5 Å².